The van der Waals surface area contributed by atoms with E-state index in [1.165, 1.54) is 18.2 Å². The van der Waals surface area contributed by atoms with E-state index < -0.39 is 5.41 Å². The molecule has 4 nitrogen and oxygen atoms in total. The molecule has 3 aliphatic rings. The highest BCUT2D eigenvalue weighted by Crippen LogP contribution is 2.61. The first-order valence-electron chi connectivity index (χ1n) is 7.00. The summed E-state index contributed by atoms with van der Waals surface area (Å²) >= 11 is 5.94. The fraction of sp³-hybridized carbons (Fsp3) is 0.375. The fourth-order valence-corrected chi connectivity index (χ4v) is 4.38. The monoisotopic (exact) mass is 303 g/mol. The molecule has 2 amide bonds. The van der Waals surface area contributed by atoms with E-state index in [1.807, 2.05) is 19.1 Å². The van der Waals surface area contributed by atoms with Gasteiger partial charge in [0.25, 0.3) is 0 Å². The van der Waals surface area contributed by atoms with E-state index in [0.717, 1.165) is 11.3 Å². The Morgan fingerprint density at radius 3 is 2.81 bits per heavy atom. The molecule has 4 rings (SSSR count). The number of phenols is 1. The molecule has 1 aromatic rings. The molecule has 1 saturated carbocycles. The normalized spacial score (nSPS) is 36.7. The van der Waals surface area contributed by atoms with E-state index >= 15 is 0 Å². The molecule has 2 bridgehead atoms. The molecular formula is C16H14ClNO3. The summed E-state index contributed by atoms with van der Waals surface area (Å²) in [6.07, 6.45) is 4.96. The lowest BCUT2D eigenvalue weighted by molar-refractivity contribution is -0.127. The maximum atomic E-state index is 12.9. The Labute approximate surface area is 127 Å². The van der Waals surface area contributed by atoms with Gasteiger partial charge < -0.3 is 5.11 Å². The number of hydrogen-bond donors (Lipinski definition) is 1. The summed E-state index contributed by atoms with van der Waals surface area (Å²) in [7, 11) is 0. The standard InChI is InChI=1S/C16H14ClNO3/c1-16-9-3-2-8(6-9)13(16)14(20)18(15(16)21)11-7-10(17)4-5-12(11)19/h2-5,7-9,13,19H,6H2,1H3/t8-,9-,13-,16-/m1/s1. The van der Waals surface area contributed by atoms with Gasteiger partial charge in [-0.3, -0.25) is 9.59 Å². The van der Waals surface area contributed by atoms with Crippen molar-refractivity contribution in [1.82, 2.24) is 0 Å². The Hall–Kier alpha value is -1.81. The van der Waals surface area contributed by atoms with Gasteiger partial charge in [0.15, 0.2) is 0 Å². The molecular weight excluding hydrogens is 290 g/mol. The molecule has 1 aliphatic heterocycles. The first kappa shape index (κ1) is 12.9. The van der Waals surface area contributed by atoms with Crippen molar-refractivity contribution >= 4 is 29.1 Å². The van der Waals surface area contributed by atoms with Gasteiger partial charge in [0.05, 0.1) is 17.0 Å². The lowest BCUT2D eigenvalue weighted by atomic mass is 9.71. The third kappa shape index (κ3) is 1.41. The highest BCUT2D eigenvalue weighted by Gasteiger charge is 2.67. The summed E-state index contributed by atoms with van der Waals surface area (Å²) in [5.74, 6) is -0.648. The summed E-state index contributed by atoms with van der Waals surface area (Å²) in [5.41, 5.74) is -0.502. The molecule has 2 fully saturated rings. The Morgan fingerprint density at radius 1 is 1.33 bits per heavy atom. The van der Waals surface area contributed by atoms with Crippen LogP contribution in [-0.2, 0) is 9.59 Å². The Morgan fingerprint density at radius 2 is 2.10 bits per heavy atom. The van der Waals surface area contributed by atoms with Crippen LogP contribution < -0.4 is 4.90 Å². The average molecular weight is 304 g/mol. The molecule has 1 aromatic carbocycles. The van der Waals surface area contributed by atoms with E-state index in [1.54, 1.807) is 0 Å². The van der Waals surface area contributed by atoms with E-state index in [0.29, 0.717) is 5.02 Å². The van der Waals surface area contributed by atoms with Gasteiger partial charge in [-0.2, -0.15) is 0 Å². The Balaban J connectivity index is 1.85. The highest BCUT2D eigenvalue weighted by molar-refractivity contribution is 6.32. The van der Waals surface area contributed by atoms with Crippen LogP contribution in [0.5, 0.6) is 5.75 Å². The Kier molecular flexibility index (Phi) is 2.39. The molecule has 0 radical (unpaired) electrons. The molecule has 5 heteroatoms. The second kappa shape index (κ2) is 3.89. The fourth-order valence-electron chi connectivity index (χ4n) is 4.21. The van der Waals surface area contributed by atoms with E-state index in [-0.39, 0.29) is 41.0 Å². The van der Waals surface area contributed by atoms with Crippen molar-refractivity contribution in [3.63, 3.8) is 0 Å². The van der Waals surface area contributed by atoms with E-state index in [2.05, 4.69) is 0 Å². The van der Waals surface area contributed by atoms with Crippen molar-refractivity contribution in [1.29, 1.82) is 0 Å². The molecule has 1 heterocycles. The van der Waals surface area contributed by atoms with Gasteiger partial charge in [-0.1, -0.05) is 23.8 Å². The number of rotatable bonds is 1. The summed E-state index contributed by atoms with van der Waals surface area (Å²) in [5, 5.41) is 10.4. The smallest absolute Gasteiger partial charge is 0.241 e. The van der Waals surface area contributed by atoms with Crippen LogP contribution in [0, 0.1) is 23.2 Å². The van der Waals surface area contributed by atoms with Crippen molar-refractivity contribution in [2.24, 2.45) is 23.2 Å². The largest absolute Gasteiger partial charge is 0.506 e. The number of fused-ring (bicyclic) bond motifs is 5. The second-order valence-electron chi connectivity index (χ2n) is 6.26. The van der Waals surface area contributed by atoms with Gasteiger partial charge in [-0.25, -0.2) is 4.90 Å². The summed E-state index contributed by atoms with van der Waals surface area (Å²) in [6, 6.07) is 4.40. The minimum Gasteiger partial charge on any atom is -0.506 e. The number of hydrogen-bond acceptors (Lipinski definition) is 3. The summed E-state index contributed by atoms with van der Waals surface area (Å²) in [4.78, 5) is 26.8. The van der Waals surface area contributed by atoms with Crippen molar-refractivity contribution in [2.45, 2.75) is 13.3 Å². The number of imide groups is 1. The van der Waals surface area contributed by atoms with Gasteiger partial charge in [-0.05, 0) is 43.4 Å². The van der Waals surface area contributed by atoms with E-state index in [9.17, 15) is 14.7 Å². The predicted octanol–water partition coefficient (Wildman–Crippen LogP) is 2.75. The van der Waals surface area contributed by atoms with E-state index in [4.69, 9.17) is 11.6 Å². The number of carbonyl (C=O) groups is 2. The zero-order valence-corrected chi connectivity index (χ0v) is 12.2. The number of halogens is 1. The molecule has 1 saturated heterocycles. The van der Waals surface area contributed by atoms with Crippen LogP contribution in [0.25, 0.3) is 0 Å². The average Bonchev–Trinajstić information content (AvgIpc) is 3.06. The third-order valence-electron chi connectivity index (χ3n) is 5.29. The van der Waals surface area contributed by atoms with Crippen LogP contribution in [0.3, 0.4) is 0 Å². The molecule has 1 N–H and O–H groups in total. The third-order valence-corrected chi connectivity index (χ3v) is 5.52. The maximum absolute atomic E-state index is 12.9. The molecule has 108 valence electrons. The maximum Gasteiger partial charge on any atom is 0.241 e. The van der Waals surface area contributed by atoms with Crippen LogP contribution in [0.1, 0.15) is 13.3 Å². The van der Waals surface area contributed by atoms with Gasteiger partial charge in [0.1, 0.15) is 5.75 Å². The van der Waals surface area contributed by atoms with Crippen LogP contribution in [0.2, 0.25) is 5.02 Å². The SMILES string of the molecule is C[C@]12C(=O)N(c3cc(Cl)ccc3O)C(=O)[C@H]1[C@@H]1C=C[C@@H]2C1. The Bertz CT molecular complexity index is 713. The molecule has 4 atom stereocenters. The van der Waals surface area contributed by atoms with Crippen molar-refractivity contribution < 1.29 is 14.7 Å². The summed E-state index contributed by atoms with van der Waals surface area (Å²) < 4.78 is 0. The minimum atomic E-state index is -0.689. The number of phenolic OH excluding ortho intramolecular Hbond substituents is 1. The van der Waals surface area contributed by atoms with Crippen molar-refractivity contribution in [3.8, 4) is 5.75 Å². The number of aromatic hydroxyl groups is 1. The summed E-state index contributed by atoms with van der Waals surface area (Å²) in [6.45, 7) is 1.87. The molecule has 2 aliphatic carbocycles. The highest BCUT2D eigenvalue weighted by atomic mass is 35.5. The predicted molar refractivity (Wildman–Crippen MR) is 77.9 cm³/mol. The molecule has 0 unspecified atom stereocenters. The second-order valence-corrected chi connectivity index (χ2v) is 6.70. The molecule has 0 aromatic heterocycles. The van der Waals surface area contributed by atoms with Gasteiger partial charge in [-0.15, -0.1) is 0 Å². The number of anilines is 1. The number of benzene rings is 1. The van der Waals surface area contributed by atoms with Crippen LogP contribution in [-0.4, -0.2) is 16.9 Å². The van der Waals surface area contributed by atoms with Gasteiger partial charge in [0.2, 0.25) is 11.8 Å². The number of nitrogens with zero attached hydrogens (tertiary/aromatic N) is 1. The first-order valence-corrected chi connectivity index (χ1v) is 7.37. The molecule has 21 heavy (non-hydrogen) atoms. The topological polar surface area (TPSA) is 57.6 Å². The number of allylic oxidation sites excluding steroid dienone is 2. The van der Waals surface area contributed by atoms with Crippen molar-refractivity contribution in [2.75, 3.05) is 4.90 Å². The van der Waals surface area contributed by atoms with Crippen LogP contribution >= 0.6 is 11.6 Å². The lowest BCUT2D eigenvalue weighted by Gasteiger charge is -2.28. The van der Waals surface area contributed by atoms with Crippen molar-refractivity contribution in [3.05, 3.63) is 35.4 Å². The number of amides is 2. The zero-order valence-electron chi connectivity index (χ0n) is 11.4. The number of carbonyl (C=O) groups excluding carboxylic acids is 2. The van der Waals surface area contributed by atoms with Crippen LogP contribution in [0.4, 0.5) is 5.69 Å². The minimum absolute atomic E-state index is 0.107. The lowest BCUT2D eigenvalue weighted by Crippen LogP contribution is -2.37. The van der Waals surface area contributed by atoms with Gasteiger partial charge >= 0.3 is 0 Å². The molecule has 0 spiro atoms. The first-order chi connectivity index (χ1) is 9.94. The zero-order chi connectivity index (χ0) is 14.9. The quantitative estimate of drug-likeness (QED) is 0.641. The van der Waals surface area contributed by atoms with Crippen LogP contribution in [0.15, 0.2) is 30.4 Å². The van der Waals surface area contributed by atoms with Gasteiger partial charge in [0, 0.05) is 5.02 Å².